The van der Waals surface area contributed by atoms with Crippen LogP contribution in [-0.2, 0) is 11.3 Å². The van der Waals surface area contributed by atoms with E-state index in [0.717, 1.165) is 43.1 Å². The van der Waals surface area contributed by atoms with Crippen LogP contribution in [-0.4, -0.2) is 29.0 Å². The third-order valence-electron chi connectivity index (χ3n) is 4.64. The lowest BCUT2D eigenvalue weighted by molar-refractivity contribution is -0.0705. The lowest BCUT2D eigenvalue weighted by Crippen LogP contribution is -2.48. The van der Waals surface area contributed by atoms with Crippen LogP contribution in [0.4, 0.5) is 0 Å². The maximum Gasteiger partial charge on any atom is 0.0888 e. The molecular weight excluding hydrogens is 286 g/mol. The molecule has 0 spiro atoms. The molecule has 0 bridgehead atoms. The van der Waals surface area contributed by atoms with Gasteiger partial charge >= 0.3 is 0 Å². The SMILES string of the molecule is CCCNC(c1c(Cl)cnn1CC)C1(OC)CCCCC1. The standard InChI is InChI=1S/C16H28ClN3O/c1-4-11-18-15(14-13(17)12-19-20(14)5-2)16(21-3)9-7-6-8-10-16/h12,15,18H,4-11H2,1-3H3. The molecule has 1 heterocycles. The van der Waals surface area contributed by atoms with Crippen molar-refractivity contribution < 1.29 is 4.74 Å². The van der Waals surface area contributed by atoms with E-state index in [9.17, 15) is 0 Å². The van der Waals surface area contributed by atoms with E-state index in [1.807, 2.05) is 11.8 Å². The van der Waals surface area contributed by atoms with Gasteiger partial charge in [0.2, 0.25) is 0 Å². The number of nitrogens with zero attached hydrogens (tertiary/aromatic N) is 2. The molecule has 0 amide bonds. The Balaban J connectivity index is 2.38. The molecule has 1 aliphatic rings. The molecule has 4 nitrogen and oxygen atoms in total. The van der Waals surface area contributed by atoms with Crippen molar-refractivity contribution in [2.45, 2.75) is 70.6 Å². The molecule has 1 saturated carbocycles. The van der Waals surface area contributed by atoms with Gasteiger partial charge in [0.25, 0.3) is 0 Å². The Bertz CT molecular complexity index is 441. The topological polar surface area (TPSA) is 39.1 Å². The van der Waals surface area contributed by atoms with Crippen molar-refractivity contribution in [1.29, 1.82) is 0 Å². The van der Waals surface area contributed by atoms with Crippen LogP contribution in [0.2, 0.25) is 5.02 Å². The Morgan fingerprint density at radius 3 is 2.67 bits per heavy atom. The molecule has 1 atom stereocenters. The average Bonchev–Trinajstić information content (AvgIpc) is 2.89. The van der Waals surface area contributed by atoms with E-state index in [4.69, 9.17) is 16.3 Å². The van der Waals surface area contributed by atoms with Crippen molar-refractivity contribution in [3.05, 3.63) is 16.9 Å². The number of nitrogens with one attached hydrogen (secondary N) is 1. The van der Waals surface area contributed by atoms with Crippen LogP contribution in [0.15, 0.2) is 6.20 Å². The van der Waals surface area contributed by atoms with Gasteiger partial charge < -0.3 is 10.1 Å². The Morgan fingerprint density at radius 2 is 2.10 bits per heavy atom. The van der Waals surface area contributed by atoms with Crippen LogP contribution in [0.1, 0.15) is 64.1 Å². The van der Waals surface area contributed by atoms with Gasteiger partial charge in [-0.15, -0.1) is 0 Å². The average molecular weight is 314 g/mol. The number of hydrogen-bond donors (Lipinski definition) is 1. The summed E-state index contributed by atoms with van der Waals surface area (Å²) in [6.45, 7) is 6.07. The molecule has 1 aromatic heterocycles. The summed E-state index contributed by atoms with van der Waals surface area (Å²) in [4.78, 5) is 0. The molecule has 1 fully saturated rings. The highest BCUT2D eigenvalue weighted by Gasteiger charge is 2.43. The predicted molar refractivity (Wildman–Crippen MR) is 86.8 cm³/mol. The van der Waals surface area contributed by atoms with Gasteiger partial charge in [0.1, 0.15) is 0 Å². The van der Waals surface area contributed by atoms with Crippen molar-refractivity contribution in [3.63, 3.8) is 0 Å². The maximum atomic E-state index is 6.46. The fraction of sp³-hybridized carbons (Fsp3) is 0.812. The number of ether oxygens (including phenoxy) is 1. The van der Waals surface area contributed by atoms with Crippen LogP contribution in [0.5, 0.6) is 0 Å². The van der Waals surface area contributed by atoms with Gasteiger partial charge in [-0.3, -0.25) is 4.68 Å². The highest BCUT2D eigenvalue weighted by molar-refractivity contribution is 6.31. The number of rotatable bonds is 7. The van der Waals surface area contributed by atoms with Crippen LogP contribution in [0.3, 0.4) is 0 Å². The first kappa shape index (κ1) is 16.8. The molecule has 21 heavy (non-hydrogen) atoms. The predicted octanol–water partition coefficient (Wildman–Crippen LogP) is 3.95. The van der Waals surface area contributed by atoms with E-state index >= 15 is 0 Å². The molecule has 0 aromatic carbocycles. The zero-order valence-electron chi connectivity index (χ0n) is 13.5. The Morgan fingerprint density at radius 1 is 1.38 bits per heavy atom. The summed E-state index contributed by atoms with van der Waals surface area (Å²) in [5, 5.41) is 8.83. The Kier molecular flexibility index (Phi) is 6.08. The van der Waals surface area contributed by atoms with Crippen molar-refractivity contribution in [3.8, 4) is 0 Å². The molecule has 5 heteroatoms. The van der Waals surface area contributed by atoms with Gasteiger partial charge in [-0.1, -0.05) is 37.8 Å². The summed E-state index contributed by atoms with van der Waals surface area (Å²) in [6, 6.07) is 0.109. The second-order valence-corrected chi connectivity index (χ2v) is 6.32. The molecule has 2 rings (SSSR count). The molecule has 0 aliphatic heterocycles. The first-order valence-electron chi connectivity index (χ1n) is 8.18. The molecule has 1 N–H and O–H groups in total. The highest BCUT2D eigenvalue weighted by atomic mass is 35.5. The number of halogens is 1. The van der Waals surface area contributed by atoms with Gasteiger partial charge in [-0.2, -0.15) is 5.10 Å². The summed E-state index contributed by atoms with van der Waals surface area (Å²) in [5.74, 6) is 0. The van der Waals surface area contributed by atoms with E-state index in [0.29, 0.717) is 0 Å². The largest absolute Gasteiger partial charge is 0.376 e. The van der Waals surface area contributed by atoms with Crippen molar-refractivity contribution in [2.75, 3.05) is 13.7 Å². The summed E-state index contributed by atoms with van der Waals surface area (Å²) in [6.07, 6.45) is 8.74. The number of aromatic nitrogens is 2. The number of methoxy groups -OCH3 is 1. The number of hydrogen-bond acceptors (Lipinski definition) is 3. The third kappa shape index (κ3) is 3.43. The van der Waals surface area contributed by atoms with Gasteiger partial charge in [0.15, 0.2) is 0 Å². The van der Waals surface area contributed by atoms with Gasteiger partial charge in [-0.25, -0.2) is 0 Å². The quantitative estimate of drug-likeness (QED) is 0.828. The molecule has 1 aromatic rings. The van der Waals surface area contributed by atoms with E-state index in [-0.39, 0.29) is 11.6 Å². The van der Waals surface area contributed by atoms with E-state index in [1.165, 1.54) is 19.3 Å². The van der Waals surface area contributed by atoms with E-state index in [1.54, 1.807) is 6.20 Å². The smallest absolute Gasteiger partial charge is 0.0888 e. The molecule has 1 unspecified atom stereocenters. The minimum atomic E-state index is -0.163. The minimum Gasteiger partial charge on any atom is -0.376 e. The van der Waals surface area contributed by atoms with Crippen LogP contribution < -0.4 is 5.32 Å². The first-order valence-corrected chi connectivity index (χ1v) is 8.56. The first-order chi connectivity index (χ1) is 10.2. The molecule has 0 radical (unpaired) electrons. The number of aryl methyl sites for hydroxylation is 1. The normalized spacial score (nSPS) is 19.6. The summed E-state index contributed by atoms with van der Waals surface area (Å²) in [7, 11) is 1.84. The van der Waals surface area contributed by atoms with Gasteiger partial charge in [0.05, 0.1) is 28.6 Å². The van der Waals surface area contributed by atoms with E-state index < -0.39 is 0 Å². The van der Waals surface area contributed by atoms with Crippen LogP contribution in [0, 0.1) is 0 Å². The fourth-order valence-electron chi connectivity index (χ4n) is 3.49. The monoisotopic (exact) mass is 313 g/mol. The lowest BCUT2D eigenvalue weighted by Gasteiger charge is -2.43. The maximum absolute atomic E-state index is 6.46. The van der Waals surface area contributed by atoms with Crippen LogP contribution >= 0.6 is 11.6 Å². The highest BCUT2D eigenvalue weighted by Crippen LogP contribution is 2.42. The van der Waals surface area contributed by atoms with E-state index in [2.05, 4.69) is 24.3 Å². The molecule has 120 valence electrons. The van der Waals surface area contributed by atoms with Crippen molar-refractivity contribution in [2.24, 2.45) is 0 Å². The Hall–Kier alpha value is -0.580. The fourth-order valence-corrected chi connectivity index (χ4v) is 3.74. The Labute approximate surface area is 133 Å². The third-order valence-corrected chi connectivity index (χ3v) is 4.93. The summed E-state index contributed by atoms with van der Waals surface area (Å²) < 4.78 is 8.06. The minimum absolute atomic E-state index is 0.109. The summed E-state index contributed by atoms with van der Waals surface area (Å²) in [5.41, 5.74) is 0.917. The zero-order valence-corrected chi connectivity index (χ0v) is 14.2. The molecule has 1 aliphatic carbocycles. The second kappa shape index (κ2) is 7.61. The van der Waals surface area contributed by atoms with Crippen molar-refractivity contribution in [1.82, 2.24) is 15.1 Å². The van der Waals surface area contributed by atoms with Gasteiger partial charge in [0, 0.05) is 13.7 Å². The van der Waals surface area contributed by atoms with Crippen LogP contribution in [0.25, 0.3) is 0 Å². The molecule has 0 saturated heterocycles. The summed E-state index contributed by atoms with van der Waals surface area (Å²) >= 11 is 6.46. The molecular formula is C16H28ClN3O. The zero-order chi connectivity index (χ0) is 15.3. The second-order valence-electron chi connectivity index (χ2n) is 5.91. The lowest BCUT2D eigenvalue weighted by atomic mass is 9.77. The van der Waals surface area contributed by atoms with Crippen molar-refractivity contribution >= 4 is 11.6 Å². The van der Waals surface area contributed by atoms with Gasteiger partial charge in [-0.05, 0) is 32.7 Å².